The molecule has 18 heavy (non-hydrogen) atoms. The lowest BCUT2D eigenvalue weighted by molar-refractivity contribution is -0.137. The van der Waals surface area contributed by atoms with Gasteiger partial charge < -0.3 is 9.30 Å². The van der Waals surface area contributed by atoms with Crippen LogP contribution in [-0.4, -0.2) is 22.9 Å². The van der Waals surface area contributed by atoms with Gasteiger partial charge in [-0.05, 0) is 26.0 Å². The topological polar surface area (TPSA) is 48.3 Å². The number of nitrogens with zero attached hydrogens (tertiary/aromatic N) is 1. The van der Waals surface area contributed by atoms with E-state index in [1.54, 1.807) is 13.0 Å². The van der Waals surface area contributed by atoms with Crippen LogP contribution in [0.2, 0.25) is 0 Å². The van der Waals surface area contributed by atoms with Crippen LogP contribution in [0.25, 0.3) is 10.9 Å². The fraction of sp³-hybridized carbons (Fsp3) is 0.286. The van der Waals surface area contributed by atoms with E-state index < -0.39 is 11.8 Å². The maximum Gasteiger partial charge on any atom is 0.381 e. The maximum atomic E-state index is 12.0. The lowest BCUT2D eigenvalue weighted by Crippen LogP contribution is -2.20. The Balaban J connectivity index is 2.50. The number of carbonyl (C=O) groups is 2. The minimum Gasteiger partial charge on any atom is -0.460 e. The first-order valence-corrected chi connectivity index (χ1v) is 5.98. The van der Waals surface area contributed by atoms with Crippen LogP contribution in [-0.2, 0) is 16.1 Å². The number of para-hydroxylation sites is 1. The first-order valence-electron chi connectivity index (χ1n) is 5.98. The summed E-state index contributed by atoms with van der Waals surface area (Å²) < 4.78 is 6.58. The molecule has 0 amide bonds. The summed E-state index contributed by atoms with van der Waals surface area (Å²) in [6.07, 6.45) is 0. The van der Waals surface area contributed by atoms with Gasteiger partial charge >= 0.3 is 5.97 Å². The van der Waals surface area contributed by atoms with E-state index in [0.29, 0.717) is 12.2 Å². The zero-order chi connectivity index (χ0) is 13.1. The van der Waals surface area contributed by atoms with Gasteiger partial charge in [-0.1, -0.05) is 18.2 Å². The number of Topliss-reactive ketones (excluding diaryl/α,β-unsaturated/α-hetero) is 1. The molecule has 0 atom stereocenters. The van der Waals surface area contributed by atoms with Gasteiger partial charge in [0.25, 0.3) is 5.78 Å². The first kappa shape index (κ1) is 12.4. The van der Waals surface area contributed by atoms with Crippen LogP contribution >= 0.6 is 0 Å². The number of fused-ring (bicyclic) bond motifs is 1. The Morgan fingerprint density at radius 1 is 1.22 bits per heavy atom. The number of esters is 1. The molecular weight excluding hydrogens is 230 g/mol. The molecule has 4 nitrogen and oxygen atoms in total. The number of ether oxygens (including phenoxy) is 1. The van der Waals surface area contributed by atoms with Crippen LogP contribution in [0, 0.1) is 0 Å². The predicted octanol–water partition coefficient (Wildman–Crippen LogP) is 2.41. The second-order valence-electron chi connectivity index (χ2n) is 3.88. The van der Waals surface area contributed by atoms with Crippen molar-refractivity contribution in [3.05, 3.63) is 36.0 Å². The summed E-state index contributed by atoms with van der Waals surface area (Å²) in [6, 6.07) is 9.40. The van der Waals surface area contributed by atoms with Crippen LogP contribution in [0.3, 0.4) is 0 Å². The van der Waals surface area contributed by atoms with Crippen molar-refractivity contribution in [1.29, 1.82) is 0 Å². The third-order valence-electron chi connectivity index (χ3n) is 2.82. The highest BCUT2D eigenvalue weighted by Gasteiger charge is 2.22. The number of benzene rings is 1. The van der Waals surface area contributed by atoms with Crippen molar-refractivity contribution in [3.8, 4) is 0 Å². The number of hydrogen-bond donors (Lipinski definition) is 0. The van der Waals surface area contributed by atoms with Gasteiger partial charge in [-0.3, -0.25) is 4.79 Å². The Labute approximate surface area is 105 Å². The van der Waals surface area contributed by atoms with Crippen molar-refractivity contribution >= 4 is 22.7 Å². The van der Waals surface area contributed by atoms with Gasteiger partial charge in [-0.15, -0.1) is 0 Å². The van der Waals surface area contributed by atoms with Crippen LogP contribution in [0.1, 0.15) is 24.3 Å². The van der Waals surface area contributed by atoms with E-state index in [1.165, 1.54) is 0 Å². The quantitative estimate of drug-likeness (QED) is 0.472. The van der Waals surface area contributed by atoms with E-state index in [1.807, 2.05) is 35.8 Å². The number of aromatic nitrogens is 1. The van der Waals surface area contributed by atoms with Crippen molar-refractivity contribution in [2.45, 2.75) is 20.4 Å². The van der Waals surface area contributed by atoms with Crippen LogP contribution in [0.15, 0.2) is 30.3 Å². The van der Waals surface area contributed by atoms with Crippen molar-refractivity contribution in [3.63, 3.8) is 0 Å². The van der Waals surface area contributed by atoms with E-state index in [-0.39, 0.29) is 6.61 Å². The molecule has 0 fully saturated rings. The van der Waals surface area contributed by atoms with Gasteiger partial charge in [0, 0.05) is 17.4 Å². The van der Waals surface area contributed by atoms with E-state index >= 15 is 0 Å². The van der Waals surface area contributed by atoms with E-state index in [9.17, 15) is 9.59 Å². The molecule has 0 saturated carbocycles. The fourth-order valence-corrected chi connectivity index (χ4v) is 2.04. The molecule has 0 unspecified atom stereocenters. The highest BCUT2D eigenvalue weighted by atomic mass is 16.5. The molecule has 94 valence electrons. The van der Waals surface area contributed by atoms with Gasteiger partial charge in [0.05, 0.1) is 12.3 Å². The molecule has 1 aromatic heterocycles. The third kappa shape index (κ3) is 2.01. The number of rotatable bonds is 4. The predicted molar refractivity (Wildman–Crippen MR) is 68.6 cm³/mol. The zero-order valence-electron chi connectivity index (χ0n) is 10.5. The number of carbonyl (C=O) groups excluding carboxylic acids is 2. The Morgan fingerprint density at radius 2 is 1.94 bits per heavy atom. The van der Waals surface area contributed by atoms with Crippen molar-refractivity contribution < 1.29 is 14.3 Å². The molecular formula is C14H15NO3. The summed E-state index contributed by atoms with van der Waals surface area (Å²) in [7, 11) is 0. The molecule has 1 heterocycles. The van der Waals surface area contributed by atoms with E-state index in [0.717, 1.165) is 10.9 Å². The molecule has 0 aliphatic heterocycles. The molecule has 0 radical (unpaired) electrons. The number of aryl methyl sites for hydroxylation is 1. The van der Waals surface area contributed by atoms with Crippen molar-refractivity contribution in [2.75, 3.05) is 6.61 Å². The number of ketones is 1. The van der Waals surface area contributed by atoms with Gasteiger partial charge in [0.15, 0.2) is 0 Å². The lowest BCUT2D eigenvalue weighted by Gasteiger charge is -2.06. The smallest absolute Gasteiger partial charge is 0.381 e. The average Bonchev–Trinajstić information content (AvgIpc) is 2.76. The molecule has 0 aliphatic rings. The molecule has 2 rings (SSSR count). The molecule has 0 saturated heterocycles. The number of hydrogen-bond acceptors (Lipinski definition) is 3. The molecule has 2 aromatic rings. The van der Waals surface area contributed by atoms with E-state index in [4.69, 9.17) is 4.74 Å². The molecule has 4 heteroatoms. The monoisotopic (exact) mass is 245 g/mol. The summed E-state index contributed by atoms with van der Waals surface area (Å²) in [5.74, 6) is -1.38. The van der Waals surface area contributed by atoms with Gasteiger partial charge in [-0.2, -0.15) is 0 Å². The minimum absolute atomic E-state index is 0.205. The average molecular weight is 245 g/mol. The van der Waals surface area contributed by atoms with Crippen molar-refractivity contribution in [1.82, 2.24) is 4.57 Å². The normalized spacial score (nSPS) is 10.6. The largest absolute Gasteiger partial charge is 0.460 e. The standard InChI is InChI=1S/C14H15NO3/c1-3-15-11-8-6-5-7-10(11)9-12(15)13(16)14(17)18-4-2/h5-9H,3-4H2,1-2H3. The molecule has 0 aliphatic carbocycles. The summed E-state index contributed by atoms with van der Waals surface area (Å²) in [5.41, 5.74) is 1.34. The van der Waals surface area contributed by atoms with Gasteiger partial charge in [0.2, 0.25) is 0 Å². The third-order valence-corrected chi connectivity index (χ3v) is 2.82. The summed E-state index contributed by atoms with van der Waals surface area (Å²) >= 11 is 0. The minimum atomic E-state index is -0.796. The second-order valence-corrected chi connectivity index (χ2v) is 3.88. The molecule has 0 N–H and O–H groups in total. The summed E-state index contributed by atoms with van der Waals surface area (Å²) in [5, 5.41) is 0.951. The maximum absolute atomic E-state index is 12.0. The zero-order valence-corrected chi connectivity index (χ0v) is 10.5. The lowest BCUT2D eigenvalue weighted by atomic mass is 10.2. The second kappa shape index (κ2) is 5.04. The molecule has 0 spiro atoms. The Kier molecular flexibility index (Phi) is 3.46. The first-order chi connectivity index (χ1) is 8.69. The van der Waals surface area contributed by atoms with Gasteiger partial charge in [-0.25, -0.2) is 4.79 Å². The Bertz CT molecular complexity index is 598. The Morgan fingerprint density at radius 3 is 2.61 bits per heavy atom. The molecule has 0 bridgehead atoms. The fourth-order valence-electron chi connectivity index (χ4n) is 2.04. The van der Waals surface area contributed by atoms with Crippen LogP contribution < -0.4 is 0 Å². The van der Waals surface area contributed by atoms with E-state index in [2.05, 4.69) is 0 Å². The van der Waals surface area contributed by atoms with Crippen LogP contribution in [0.5, 0.6) is 0 Å². The summed E-state index contributed by atoms with van der Waals surface area (Å²) in [4.78, 5) is 23.5. The highest BCUT2D eigenvalue weighted by molar-refractivity contribution is 6.40. The summed E-state index contributed by atoms with van der Waals surface area (Å²) in [6.45, 7) is 4.46. The van der Waals surface area contributed by atoms with Gasteiger partial charge in [0.1, 0.15) is 0 Å². The SMILES string of the molecule is CCOC(=O)C(=O)c1cc2ccccc2n1CC. The molecule has 1 aromatic carbocycles. The van der Waals surface area contributed by atoms with Crippen molar-refractivity contribution in [2.24, 2.45) is 0 Å². The van der Waals surface area contributed by atoms with Crippen LogP contribution in [0.4, 0.5) is 0 Å². The highest BCUT2D eigenvalue weighted by Crippen LogP contribution is 2.20. The Hall–Kier alpha value is -2.10.